The van der Waals surface area contributed by atoms with Gasteiger partial charge in [0.2, 0.25) is 5.91 Å². The van der Waals surface area contributed by atoms with Crippen molar-refractivity contribution in [2.45, 2.75) is 11.6 Å². The van der Waals surface area contributed by atoms with Gasteiger partial charge in [-0.3, -0.25) is 4.79 Å². The second-order valence-corrected chi connectivity index (χ2v) is 5.13. The highest BCUT2D eigenvalue weighted by atomic mass is 32.2. The number of aromatic nitrogens is 3. The first kappa shape index (κ1) is 14.4. The number of rotatable bonds is 6. The molecule has 1 heterocycles. The van der Waals surface area contributed by atoms with Crippen LogP contribution in [-0.2, 0) is 11.8 Å². The molecule has 0 unspecified atom stereocenters. The van der Waals surface area contributed by atoms with Crippen LogP contribution in [0.25, 0.3) is 0 Å². The molecule has 0 aliphatic rings. The van der Waals surface area contributed by atoms with Crippen molar-refractivity contribution < 1.29 is 9.53 Å². The lowest BCUT2D eigenvalue weighted by molar-refractivity contribution is -0.115. The normalized spacial score (nSPS) is 10.3. The minimum Gasteiger partial charge on any atom is -0.495 e. The quantitative estimate of drug-likeness (QED) is 0.824. The third kappa shape index (κ3) is 3.74. The van der Waals surface area contributed by atoms with Gasteiger partial charge in [0.25, 0.3) is 0 Å². The minimum atomic E-state index is -0.0517. The summed E-state index contributed by atoms with van der Waals surface area (Å²) in [6, 6.07) is 7.33. The fourth-order valence-electron chi connectivity index (χ4n) is 1.60. The summed E-state index contributed by atoms with van der Waals surface area (Å²) in [7, 11) is 3.45. The zero-order valence-corrected chi connectivity index (χ0v) is 12.2. The lowest BCUT2D eigenvalue weighted by atomic mass is 10.3. The summed E-state index contributed by atoms with van der Waals surface area (Å²) < 4.78 is 7.01. The lowest BCUT2D eigenvalue weighted by Gasteiger charge is -2.09. The van der Waals surface area contributed by atoms with Gasteiger partial charge in [0.1, 0.15) is 12.1 Å². The molecule has 0 radical (unpaired) electrons. The van der Waals surface area contributed by atoms with Gasteiger partial charge in [-0.1, -0.05) is 23.9 Å². The van der Waals surface area contributed by atoms with Crippen LogP contribution in [0.15, 0.2) is 35.7 Å². The second kappa shape index (κ2) is 6.95. The van der Waals surface area contributed by atoms with Crippen LogP contribution in [0, 0.1) is 0 Å². The van der Waals surface area contributed by atoms with E-state index in [1.165, 1.54) is 11.8 Å². The molecule has 0 saturated carbocycles. The van der Waals surface area contributed by atoms with Crippen molar-refractivity contribution in [1.29, 1.82) is 0 Å². The highest BCUT2D eigenvalue weighted by molar-refractivity contribution is 7.99. The zero-order valence-electron chi connectivity index (χ0n) is 11.4. The molecule has 0 fully saturated rings. The predicted octanol–water partition coefficient (Wildman–Crippen LogP) is 1.94. The molecule has 106 valence electrons. The average molecular weight is 292 g/mol. The van der Waals surface area contributed by atoms with Crippen molar-refractivity contribution in [3.05, 3.63) is 30.6 Å². The Morgan fingerprint density at radius 1 is 1.45 bits per heavy atom. The van der Waals surface area contributed by atoms with Gasteiger partial charge in [-0.25, -0.2) is 0 Å². The molecule has 0 aliphatic heterocycles. The number of aryl methyl sites for hydroxylation is 1. The average Bonchev–Trinajstić information content (AvgIpc) is 2.85. The lowest BCUT2D eigenvalue weighted by Crippen LogP contribution is -2.13. The molecule has 0 spiro atoms. The topological polar surface area (TPSA) is 69.0 Å². The summed E-state index contributed by atoms with van der Waals surface area (Å²) >= 11 is 1.50. The summed E-state index contributed by atoms with van der Waals surface area (Å²) in [5, 5.41) is 11.4. The first-order valence-electron chi connectivity index (χ1n) is 6.10. The number of nitrogens with zero attached hydrogens (tertiary/aromatic N) is 3. The molecule has 7 heteroatoms. The van der Waals surface area contributed by atoms with Crippen LogP contribution in [0.3, 0.4) is 0 Å². The molecule has 0 bridgehead atoms. The first-order chi connectivity index (χ1) is 9.70. The molecule has 6 nitrogen and oxygen atoms in total. The van der Waals surface area contributed by atoms with Crippen LogP contribution in [-0.4, -0.2) is 33.5 Å². The molecule has 2 aromatic rings. The van der Waals surface area contributed by atoms with Crippen LogP contribution < -0.4 is 10.1 Å². The highest BCUT2D eigenvalue weighted by Gasteiger charge is 2.08. The molecular weight excluding hydrogens is 276 g/mol. The Hall–Kier alpha value is -2.02. The Balaban J connectivity index is 1.82. The number of para-hydroxylation sites is 2. The van der Waals surface area contributed by atoms with E-state index in [0.29, 0.717) is 23.6 Å². The molecule has 1 aromatic heterocycles. The van der Waals surface area contributed by atoms with Gasteiger partial charge in [-0.05, 0) is 12.1 Å². The molecule has 2 rings (SSSR count). The molecule has 0 saturated heterocycles. The van der Waals surface area contributed by atoms with Gasteiger partial charge in [-0.2, -0.15) is 0 Å². The Morgan fingerprint density at radius 3 is 2.95 bits per heavy atom. The number of hydrogen-bond acceptors (Lipinski definition) is 5. The van der Waals surface area contributed by atoms with E-state index in [2.05, 4.69) is 15.5 Å². The number of carbonyl (C=O) groups is 1. The summed E-state index contributed by atoms with van der Waals surface area (Å²) in [5.74, 6) is 1.25. The van der Waals surface area contributed by atoms with Gasteiger partial charge in [0, 0.05) is 19.2 Å². The Morgan fingerprint density at radius 2 is 2.25 bits per heavy atom. The minimum absolute atomic E-state index is 0.0517. The van der Waals surface area contributed by atoms with Gasteiger partial charge in [-0.15, -0.1) is 10.2 Å². The van der Waals surface area contributed by atoms with Crippen LogP contribution in [0.4, 0.5) is 5.69 Å². The van der Waals surface area contributed by atoms with Crippen molar-refractivity contribution in [3.8, 4) is 5.75 Å². The number of carbonyl (C=O) groups excluding carboxylic acids is 1. The fraction of sp³-hybridized carbons (Fsp3) is 0.308. The summed E-state index contributed by atoms with van der Waals surface area (Å²) in [5.41, 5.74) is 0.684. The summed E-state index contributed by atoms with van der Waals surface area (Å²) in [6.45, 7) is 0. The third-order valence-corrected chi connectivity index (χ3v) is 3.65. The number of hydrogen-bond donors (Lipinski definition) is 1. The van der Waals surface area contributed by atoms with Crippen LogP contribution in [0.5, 0.6) is 5.75 Å². The largest absolute Gasteiger partial charge is 0.495 e. The SMILES string of the molecule is COc1ccccc1NC(=O)CCSc1nncn1C. The molecule has 1 aromatic carbocycles. The fourth-order valence-corrected chi connectivity index (χ4v) is 2.42. The van der Waals surface area contributed by atoms with Crippen LogP contribution in [0.2, 0.25) is 0 Å². The van der Waals surface area contributed by atoms with Crippen molar-refractivity contribution in [1.82, 2.24) is 14.8 Å². The third-order valence-electron chi connectivity index (χ3n) is 2.61. The van der Waals surface area contributed by atoms with Crippen molar-refractivity contribution in [2.24, 2.45) is 7.05 Å². The molecule has 0 atom stereocenters. The van der Waals surface area contributed by atoms with E-state index >= 15 is 0 Å². The second-order valence-electron chi connectivity index (χ2n) is 4.07. The molecular formula is C13H16N4O2S. The van der Waals surface area contributed by atoms with E-state index in [0.717, 1.165) is 5.16 Å². The molecule has 1 N–H and O–H groups in total. The maximum absolute atomic E-state index is 11.9. The van der Waals surface area contributed by atoms with E-state index < -0.39 is 0 Å². The monoisotopic (exact) mass is 292 g/mol. The Kier molecular flexibility index (Phi) is 5.00. The van der Waals surface area contributed by atoms with E-state index in [-0.39, 0.29) is 5.91 Å². The van der Waals surface area contributed by atoms with Crippen molar-refractivity contribution in [3.63, 3.8) is 0 Å². The van der Waals surface area contributed by atoms with E-state index in [1.54, 1.807) is 13.4 Å². The first-order valence-corrected chi connectivity index (χ1v) is 7.09. The van der Waals surface area contributed by atoms with Crippen molar-refractivity contribution in [2.75, 3.05) is 18.2 Å². The Labute approximate surface area is 121 Å². The molecule has 1 amide bonds. The number of anilines is 1. The van der Waals surface area contributed by atoms with Crippen LogP contribution >= 0.6 is 11.8 Å². The maximum atomic E-state index is 11.9. The van der Waals surface area contributed by atoms with Gasteiger partial charge < -0.3 is 14.6 Å². The van der Waals surface area contributed by atoms with Crippen molar-refractivity contribution >= 4 is 23.4 Å². The number of amides is 1. The standard InChI is InChI=1S/C13H16N4O2S/c1-17-9-14-16-13(17)20-8-7-12(18)15-10-5-3-4-6-11(10)19-2/h3-6,9H,7-8H2,1-2H3,(H,15,18). The number of methoxy groups -OCH3 is 1. The van der Waals surface area contributed by atoms with E-state index in [9.17, 15) is 4.79 Å². The van der Waals surface area contributed by atoms with E-state index in [1.807, 2.05) is 35.9 Å². The maximum Gasteiger partial charge on any atom is 0.225 e. The van der Waals surface area contributed by atoms with Gasteiger partial charge in [0.05, 0.1) is 12.8 Å². The number of benzene rings is 1. The predicted molar refractivity (Wildman–Crippen MR) is 78.0 cm³/mol. The summed E-state index contributed by atoms with van der Waals surface area (Å²) in [6.07, 6.45) is 2.03. The number of nitrogens with one attached hydrogen (secondary N) is 1. The zero-order chi connectivity index (χ0) is 14.4. The van der Waals surface area contributed by atoms with Gasteiger partial charge in [0.15, 0.2) is 5.16 Å². The molecule has 20 heavy (non-hydrogen) atoms. The van der Waals surface area contributed by atoms with Crippen LogP contribution in [0.1, 0.15) is 6.42 Å². The smallest absolute Gasteiger partial charge is 0.225 e. The number of ether oxygens (including phenoxy) is 1. The highest BCUT2D eigenvalue weighted by Crippen LogP contribution is 2.23. The van der Waals surface area contributed by atoms with E-state index in [4.69, 9.17) is 4.74 Å². The number of thioether (sulfide) groups is 1. The Bertz CT molecular complexity index is 585. The summed E-state index contributed by atoms with van der Waals surface area (Å²) in [4.78, 5) is 11.9. The van der Waals surface area contributed by atoms with Gasteiger partial charge >= 0.3 is 0 Å². The molecule has 0 aliphatic carbocycles.